The largest absolute Gasteiger partial charge is 0.462 e. The summed E-state index contributed by atoms with van der Waals surface area (Å²) in [7, 11) is -3.68. The number of amides is 1. The number of carbonyl (C=O) groups is 2. The topological polar surface area (TPSA) is 102 Å². The second-order valence-electron chi connectivity index (χ2n) is 8.49. The predicted octanol–water partition coefficient (Wildman–Crippen LogP) is 2.32. The van der Waals surface area contributed by atoms with E-state index in [9.17, 15) is 18.0 Å². The number of esters is 1. The Labute approximate surface area is 194 Å². The van der Waals surface area contributed by atoms with E-state index in [4.69, 9.17) is 4.74 Å². The Morgan fingerprint density at radius 3 is 2.27 bits per heavy atom. The van der Waals surface area contributed by atoms with Crippen molar-refractivity contribution in [2.75, 3.05) is 32.8 Å². The molecule has 0 aliphatic carbocycles. The highest BCUT2D eigenvalue weighted by atomic mass is 32.2. The number of piperidine rings is 2. The average Bonchev–Trinajstić information content (AvgIpc) is 3.39. The number of carbonyl (C=O) groups excluding carboxylic acids is 2. The standard InChI is InChI=1S/C23H30N4O5S/c1-2-32-23(29)19-3-5-21(6-4-19)33(30,31)27-14-7-18(8-15-27)22(28)25-12-9-20(10-13-25)26-16-11-24-17-26/h3-6,11,16-18,20H,2,7-10,12-15H2,1H3. The Morgan fingerprint density at radius 2 is 1.70 bits per heavy atom. The van der Waals surface area contributed by atoms with Crippen LogP contribution in [0.2, 0.25) is 0 Å². The fourth-order valence-electron chi connectivity index (χ4n) is 4.60. The molecular formula is C23H30N4O5S. The van der Waals surface area contributed by atoms with E-state index in [1.165, 1.54) is 28.6 Å². The van der Waals surface area contributed by atoms with Crippen LogP contribution >= 0.6 is 0 Å². The molecule has 2 saturated heterocycles. The number of benzene rings is 1. The van der Waals surface area contributed by atoms with Gasteiger partial charge in [-0.15, -0.1) is 0 Å². The van der Waals surface area contributed by atoms with Crippen molar-refractivity contribution in [2.24, 2.45) is 5.92 Å². The van der Waals surface area contributed by atoms with Gasteiger partial charge >= 0.3 is 5.97 Å². The average molecular weight is 475 g/mol. The van der Waals surface area contributed by atoms with Crippen molar-refractivity contribution in [3.63, 3.8) is 0 Å². The maximum absolute atomic E-state index is 13.0. The lowest BCUT2D eigenvalue weighted by atomic mass is 9.95. The number of hydrogen-bond acceptors (Lipinski definition) is 6. The Balaban J connectivity index is 1.31. The van der Waals surface area contributed by atoms with Crippen LogP contribution in [-0.2, 0) is 19.6 Å². The maximum Gasteiger partial charge on any atom is 0.338 e. The molecule has 0 atom stereocenters. The van der Waals surface area contributed by atoms with Crippen molar-refractivity contribution in [1.82, 2.24) is 18.8 Å². The Bertz CT molecular complexity index is 1050. The quantitative estimate of drug-likeness (QED) is 0.596. The van der Waals surface area contributed by atoms with E-state index in [0.717, 1.165) is 12.8 Å². The summed E-state index contributed by atoms with van der Waals surface area (Å²) in [6, 6.07) is 6.18. The lowest BCUT2D eigenvalue weighted by Crippen LogP contribution is -2.46. The summed E-state index contributed by atoms with van der Waals surface area (Å²) in [4.78, 5) is 31.0. The smallest absolute Gasteiger partial charge is 0.338 e. The number of sulfonamides is 1. The van der Waals surface area contributed by atoms with Gasteiger partial charge in [0.2, 0.25) is 15.9 Å². The first kappa shape index (κ1) is 23.4. The lowest BCUT2D eigenvalue weighted by Gasteiger charge is -2.37. The van der Waals surface area contributed by atoms with E-state index >= 15 is 0 Å². The van der Waals surface area contributed by atoms with Gasteiger partial charge in [-0.05, 0) is 56.9 Å². The van der Waals surface area contributed by atoms with Gasteiger partial charge in [0.05, 0.1) is 23.4 Å². The summed E-state index contributed by atoms with van der Waals surface area (Å²) in [5, 5.41) is 0. The lowest BCUT2D eigenvalue weighted by molar-refractivity contribution is -0.138. The van der Waals surface area contributed by atoms with E-state index in [-0.39, 0.29) is 23.3 Å². The SMILES string of the molecule is CCOC(=O)c1ccc(S(=O)(=O)N2CCC(C(=O)N3CCC(n4ccnc4)CC3)CC2)cc1. The second kappa shape index (κ2) is 10.0. The third-order valence-electron chi connectivity index (χ3n) is 6.53. The molecule has 2 aliphatic heterocycles. The van der Waals surface area contributed by atoms with E-state index in [1.54, 1.807) is 13.1 Å². The summed E-state index contributed by atoms with van der Waals surface area (Å²) in [5.74, 6) is -0.489. The van der Waals surface area contributed by atoms with Crippen molar-refractivity contribution in [1.29, 1.82) is 0 Å². The third-order valence-corrected chi connectivity index (χ3v) is 8.44. The maximum atomic E-state index is 13.0. The zero-order chi connectivity index (χ0) is 23.4. The van der Waals surface area contributed by atoms with E-state index in [1.807, 2.05) is 17.4 Å². The Hall–Kier alpha value is -2.72. The zero-order valence-corrected chi connectivity index (χ0v) is 19.6. The first-order valence-electron chi connectivity index (χ1n) is 11.4. The molecule has 9 nitrogen and oxygen atoms in total. The number of nitrogens with zero attached hydrogens (tertiary/aromatic N) is 4. The molecule has 4 rings (SSSR count). The predicted molar refractivity (Wildman–Crippen MR) is 121 cm³/mol. The van der Waals surface area contributed by atoms with Gasteiger partial charge in [0.1, 0.15) is 0 Å². The molecule has 0 bridgehead atoms. The summed E-state index contributed by atoms with van der Waals surface area (Å²) >= 11 is 0. The first-order chi connectivity index (χ1) is 15.9. The molecule has 2 aliphatic rings. The van der Waals surface area contributed by atoms with E-state index < -0.39 is 16.0 Å². The number of rotatable bonds is 6. The van der Waals surface area contributed by atoms with Crippen molar-refractivity contribution in [3.8, 4) is 0 Å². The van der Waals surface area contributed by atoms with Crippen LogP contribution in [0.3, 0.4) is 0 Å². The van der Waals surface area contributed by atoms with Crippen LogP contribution in [0.25, 0.3) is 0 Å². The van der Waals surface area contributed by atoms with Gasteiger partial charge in [-0.25, -0.2) is 18.2 Å². The molecule has 1 aromatic carbocycles. The number of hydrogen-bond donors (Lipinski definition) is 0. The number of aromatic nitrogens is 2. The highest BCUT2D eigenvalue weighted by molar-refractivity contribution is 7.89. The van der Waals surface area contributed by atoms with Crippen LogP contribution in [-0.4, -0.2) is 71.8 Å². The normalized spacial score (nSPS) is 18.9. The van der Waals surface area contributed by atoms with Crippen LogP contribution in [0.5, 0.6) is 0 Å². The molecule has 0 saturated carbocycles. The summed E-state index contributed by atoms with van der Waals surface area (Å²) in [5.41, 5.74) is 0.317. The molecule has 3 heterocycles. The minimum atomic E-state index is -3.68. The van der Waals surface area contributed by atoms with Gasteiger partial charge in [0, 0.05) is 50.5 Å². The minimum absolute atomic E-state index is 0.134. The molecule has 0 N–H and O–H groups in total. The van der Waals surface area contributed by atoms with Gasteiger partial charge in [-0.1, -0.05) is 0 Å². The van der Waals surface area contributed by atoms with Gasteiger partial charge in [0.15, 0.2) is 0 Å². The van der Waals surface area contributed by atoms with E-state index in [0.29, 0.717) is 50.6 Å². The summed E-state index contributed by atoms with van der Waals surface area (Å²) < 4.78 is 34.5. The fraction of sp³-hybridized carbons (Fsp3) is 0.522. The molecule has 0 radical (unpaired) electrons. The molecule has 33 heavy (non-hydrogen) atoms. The highest BCUT2D eigenvalue weighted by Gasteiger charge is 2.35. The summed E-state index contributed by atoms with van der Waals surface area (Å²) in [6.45, 7) is 4.03. The summed E-state index contributed by atoms with van der Waals surface area (Å²) in [6.07, 6.45) is 8.38. The van der Waals surface area contributed by atoms with Gasteiger partial charge < -0.3 is 14.2 Å². The van der Waals surface area contributed by atoms with Crippen molar-refractivity contribution in [3.05, 3.63) is 48.5 Å². The monoisotopic (exact) mass is 474 g/mol. The van der Waals surface area contributed by atoms with Crippen LogP contribution in [0.1, 0.15) is 49.0 Å². The van der Waals surface area contributed by atoms with Crippen LogP contribution < -0.4 is 0 Å². The molecule has 2 aromatic rings. The molecule has 10 heteroatoms. The molecular weight excluding hydrogens is 444 g/mol. The molecule has 2 fully saturated rings. The van der Waals surface area contributed by atoms with Crippen molar-refractivity contribution in [2.45, 2.75) is 43.5 Å². The highest BCUT2D eigenvalue weighted by Crippen LogP contribution is 2.28. The van der Waals surface area contributed by atoms with E-state index in [2.05, 4.69) is 9.55 Å². The zero-order valence-electron chi connectivity index (χ0n) is 18.8. The minimum Gasteiger partial charge on any atom is -0.462 e. The van der Waals surface area contributed by atoms with Crippen LogP contribution in [0.4, 0.5) is 0 Å². The first-order valence-corrected chi connectivity index (χ1v) is 12.9. The second-order valence-corrected chi connectivity index (χ2v) is 10.4. The number of likely N-dealkylation sites (tertiary alicyclic amines) is 1. The fourth-order valence-corrected chi connectivity index (χ4v) is 6.07. The third kappa shape index (κ3) is 5.11. The number of imidazole rings is 1. The van der Waals surface area contributed by atoms with Crippen molar-refractivity contribution >= 4 is 21.9 Å². The van der Waals surface area contributed by atoms with Gasteiger partial charge in [0.25, 0.3) is 0 Å². The van der Waals surface area contributed by atoms with Gasteiger partial charge in [-0.2, -0.15) is 4.31 Å². The Kier molecular flexibility index (Phi) is 7.14. The molecule has 1 aromatic heterocycles. The van der Waals surface area contributed by atoms with Crippen molar-refractivity contribution < 1.29 is 22.7 Å². The molecule has 0 unspecified atom stereocenters. The van der Waals surface area contributed by atoms with Crippen LogP contribution in [0.15, 0.2) is 47.9 Å². The molecule has 1 amide bonds. The molecule has 0 spiro atoms. The van der Waals surface area contributed by atoms with Crippen LogP contribution in [0, 0.1) is 5.92 Å². The Morgan fingerprint density at radius 1 is 1.03 bits per heavy atom. The molecule has 178 valence electrons. The number of ether oxygens (including phenoxy) is 1. The van der Waals surface area contributed by atoms with Gasteiger partial charge in [-0.3, -0.25) is 4.79 Å².